The van der Waals surface area contributed by atoms with E-state index >= 15 is 0 Å². The van der Waals surface area contributed by atoms with Crippen LogP contribution < -0.4 is 5.32 Å². The summed E-state index contributed by atoms with van der Waals surface area (Å²) >= 11 is 0. The van der Waals surface area contributed by atoms with Gasteiger partial charge in [-0.3, -0.25) is 9.59 Å². The van der Waals surface area contributed by atoms with Gasteiger partial charge in [0.2, 0.25) is 11.8 Å². The van der Waals surface area contributed by atoms with Crippen LogP contribution in [0.2, 0.25) is 0 Å². The number of amides is 3. The quantitative estimate of drug-likeness (QED) is 0.663. The molecule has 0 aromatic rings. The van der Waals surface area contributed by atoms with Crippen molar-refractivity contribution >= 4 is 17.9 Å². The first-order valence-corrected chi connectivity index (χ1v) is 8.55. The first kappa shape index (κ1) is 18.5. The molecule has 0 radical (unpaired) electrons. The van der Waals surface area contributed by atoms with E-state index in [0.717, 1.165) is 6.42 Å². The SMILES string of the molecule is CCOC(=O)N1CCN(C(=O)C2CC2C(=O)NCCCOC)CC1. The molecule has 8 heteroatoms. The van der Waals surface area contributed by atoms with E-state index in [9.17, 15) is 14.4 Å². The molecule has 2 unspecified atom stereocenters. The first-order valence-electron chi connectivity index (χ1n) is 8.55. The second-order valence-corrected chi connectivity index (χ2v) is 6.10. The maximum Gasteiger partial charge on any atom is 0.409 e. The van der Waals surface area contributed by atoms with Crippen molar-refractivity contribution in [2.24, 2.45) is 11.8 Å². The average Bonchev–Trinajstić information content (AvgIpc) is 3.39. The number of nitrogens with zero attached hydrogens (tertiary/aromatic N) is 2. The van der Waals surface area contributed by atoms with E-state index in [1.165, 1.54) is 0 Å². The third kappa shape index (κ3) is 4.83. The fourth-order valence-corrected chi connectivity index (χ4v) is 2.88. The Balaban J connectivity index is 1.69. The van der Waals surface area contributed by atoms with Crippen LogP contribution in [-0.4, -0.2) is 80.8 Å². The molecule has 0 aromatic carbocycles. The maximum atomic E-state index is 12.4. The van der Waals surface area contributed by atoms with Crippen molar-refractivity contribution < 1.29 is 23.9 Å². The lowest BCUT2D eigenvalue weighted by Gasteiger charge is -2.34. The number of carbonyl (C=O) groups excluding carboxylic acids is 3. The highest BCUT2D eigenvalue weighted by atomic mass is 16.6. The third-order valence-corrected chi connectivity index (χ3v) is 4.39. The standard InChI is InChI=1S/C16H27N3O5/c1-3-24-16(22)19-8-6-18(7-9-19)15(21)13-11-12(13)14(20)17-5-4-10-23-2/h12-13H,3-11H2,1-2H3,(H,17,20). The Kier molecular flexibility index (Phi) is 6.84. The second kappa shape index (κ2) is 8.86. The van der Waals surface area contributed by atoms with E-state index in [-0.39, 0.29) is 29.7 Å². The summed E-state index contributed by atoms with van der Waals surface area (Å²) in [6.45, 7) is 5.25. The number of hydrogen-bond donors (Lipinski definition) is 1. The van der Waals surface area contributed by atoms with Crippen LogP contribution in [0.1, 0.15) is 19.8 Å². The monoisotopic (exact) mass is 341 g/mol. The average molecular weight is 341 g/mol. The van der Waals surface area contributed by atoms with Gasteiger partial charge in [0, 0.05) is 46.4 Å². The zero-order valence-electron chi connectivity index (χ0n) is 14.5. The highest BCUT2D eigenvalue weighted by Gasteiger charge is 2.49. The van der Waals surface area contributed by atoms with Crippen molar-refractivity contribution in [2.75, 3.05) is 53.0 Å². The van der Waals surface area contributed by atoms with E-state index in [1.807, 2.05) is 0 Å². The molecule has 0 aromatic heterocycles. The predicted molar refractivity (Wildman–Crippen MR) is 86.3 cm³/mol. The summed E-state index contributed by atoms with van der Waals surface area (Å²) < 4.78 is 9.89. The van der Waals surface area contributed by atoms with Gasteiger partial charge < -0.3 is 24.6 Å². The van der Waals surface area contributed by atoms with Crippen molar-refractivity contribution in [3.63, 3.8) is 0 Å². The van der Waals surface area contributed by atoms with Crippen molar-refractivity contribution in [3.8, 4) is 0 Å². The van der Waals surface area contributed by atoms with Crippen LogP contribution in [0.5, 0.6) is 0 Å². The van der Waals surface area contributed by atoms with Crippen LogP contribution in [-0.2, 0) is 19.1 Å². The van der Waals surface area contributed by atoms with Crippen molar-refractivity contribution in [2.45, 2.75) is 19.8 Å². The van der Waals surface area contributed by atoms with Crippen molar-refractivity contribution in [1.29, 1.82) is 0 Å². The van der Waals surface area contributed by atoms with Gasteiger partial charge in [0.1, 0.15) is 0 Å². The van der Waals surface area contributed by atoms with Gasteiger partial charge in [0.25, 0.3) is 0 Å². The molecular formula is C16H27N3O5. The van der Waals surface area contributed by atoms with Gasteiger partial charge in [-0.15, -0.1) is 0 Å². The maximum absolute atomic E-state index is 12.4. The largest absolute Gasteiger partial charge is 0.450 e. The number of methoxy groups -OCH3 is 1. The smallest absolute Gasteiger partial charge is 0.409 e. The fourth-order valence-electron chi connectivity index (χ4n) is 2.88. The van der Waals surface area contributed by atoms with E-state index < -0.39 is 0 Å². The molecular weight excluding hydrogens is 314 g/mol. The Morgan fingerprint density at radius 1 is 1.08 bits per heavy atom. The molecule has 24 heavy (non-hydrogen) atoms. The topological polar surface area (TPSA) is 88.2 Å². The molecule has 2 aliphatic rings. The fraction of sp³-hybridized carbons (Fsp3) is 0.812. The van der Waals surface area contributed by atoms with Gasteiger partial charge >= 0.3 is 6.09 Å². The molecule has 0 spiro atoms. The number of rotatable bonds is 7. The Hall–Kier alpha value is -1.83. The Morgan fingerprint density at radius 3 is 2.38 bits per heavy atom. The van der Waals surface area contributed by atoms with Crippen molar-refractivity contribution in [3.05, 3.63) is 0 Å². The highest BCUT2D eigenvalue weighted by Crippen LogP contribution is 2.40. The molecule has 1 aliphatic carbocycles. The molecule has 2 atom stereocenters. The second-order valence-electron chi connectivity index (χ2n) is 6.10. The molecule has 1 N–H and O–H groups in total. The Bertz CT molecular complexity index is 463. The zero-order chi connectivity index (χ0) is 17.5. The third-order valence-electron chi connectivity index (χ3n) is 4.39. The number of hydrogen-bond acceptors (Lipinski definition) is 5. The Morgan fingerprint density at radius 2 is 1.75 bits per heavy atom. The molecule has 2 rings (SSSR count). The molecule has 1 aliphatic heterocycles. The van der Waals surface area contributed by atoms with E-state index in [4.69, 9.17) is 9.47 Å². The normalized spacial score (nSPS) is 22.9. The lowest BCUT2D eigenvalue weighted by molar-refractivity contribution is -0.136. The lowest BCUT2D eigenvalue weighted by atomic mass is 10.2. The van der Waals surface area contributed by atoms with Gasteiger partial charge in [-0.25, -0.2) is 4.79 Å². The summed E-state index contributed by atoms with van der Waals surface area (Å²) in [5, 5.41) is 2.84. The summed E-state index contributed by atoms with van der Waals surface area (Å²) in [6, 6.07) is 0. The zero-order valence-corrected chi connectivity index (χ0v) is 14.5. The van der Waals surface area contributed by atoms with Crippen molar-refractivity contribution in [1.82, 2.24) is 15.1 Å². The predicted octanol–water partition coefficient (Wildman–Crippen LogP) is 0.0759. The van der Waals surface area contributed by atoms with Crippen LogP contribution in [0.4, 0.5) is 4.79 Å². The lowest BCUT2D eigenvalue weighted by Crippen LogP contribution is -2.51. The van der Waals surface area contributed by atoms with Gasteiger partial charge in [-0.2, -0.15) is 0 Å². The van der Waals surface area contributed by atoms with Gasteiger partial charge in [0.05, 0.1) is 18.4 Å². The summed E-state index contributed by atoms with van der Waals surface area (Å²) in [6.07, 6.45) is 1.06. The Labute approximate surface area is 142 Å². The number of ether oxygens (including phenoxy) is 2. The summed E-state index contributed by atoms with van der Waals surface area (Å²) in [5.74, 6) is -0.435. The minimum atomic E-state index is -0.329. The molecule has 0 bridgehead atoms. The summed E-state index contributed by atoms with van der Waals surface area (Å²) in [4.78, 5) is 39.4. The van der Waals surface area contributed by atoms with Crippen LogP contribution in [0.25, 0.3) is 0 Å². The van der Waals surface area contributed by atoms with Crippen LogP contribution >= 0.6 is 0 Å². The molecule has 1 heterocycles. The molecule has 2 fully saturated rings. The molecule has 136 valence electrons. The van der Waals surface area contributed by atoms with E-state index in [2.05, 4.69) is 5.32 Å². The molecule has 1 saturated heterocycles. The van der Waals surface area contributed by atoms with E-state index in [1.54, 1.807) is 23.8 Å². The van der Waals surface area contributed by atoms with Gasteiger partial charge in [0.15, 0.2) is 0 Å². The first-order chi connectivity index (χ1) is 11.6. The summed E-state index contributed by atoms with van der Waals surface area (Å²) in [5.41, 5.74) is 0. The number of carbonyl (C=O) groups is 3. The van der Waals surface area contributed by atoms with Crippen LogP contribution in [0, 0.1) is 11.8 Å². The summed E-state index contributed by atoms with van der Waals surface area (Å²) in [7, 11) is 1.62. The minimum Gasteiger partial charge on any atom is -0.450 e. The molecule has 3 amide bonds. The van der Waals surface area contributed by atoms with Crippen LogP contribution in [0.15, 0.2) is 0 Å². The van der Waals surface area contributed by atoms with E-state index in [0.29, 0.717) is 52.4 Å². The molecule has 8 nitrogen and oxygen atoms in total. The number of nitrogens with one attached hydrogen (secondary N) is 1. The molecule has 1 saturated carbocycles. The minimum absolute atomic E-state index is 0.0237. The highest BCUT2D eigenvalue weighted by molar-refractivity contribution is 5.92. The van der Waals surface area contributed by atoms with Gasteiger partial charge in [-0.05, 0) is 19.8 Å². The van der Waals surface area contributed by atoms with Crippen LogP contribution in [0.3, 0.4) is 0 Å². The number of piperazine rings is 1. The van der Waals surface area contributed by atoms with Gasteiger partial charge in [-0.1, -0.05) is 0 Å².